The molecule has 1 aliphatic carbocycles. The molecule has 3 rings (SSSR count). The SMILES string of the molecule is CCOc1ncc(NC(=O)c2noc3c2CCCC3)cn1. The van der Waals surface area contributed by atoms with Gasteiger partial charge in [0.2, 0.25) is 0 Å². The Morgan fingerprint density at radius 3 is 2.86 bits per heavy atom. The van der Waals surface area contributed by atoms with Crippen LogP contribution < -0.4 is 10.1 Å². The Labute approximate surface area is 121 Å². The number of aryl methyl sites for hydroxylation is 1. The van der Waals surface area contributed by atoms with Gasteiger partial charge in [0.1, 0.15) is 5.76 Å². The topological polar surface area (TPSA) is 90.1 Å². The Morgan fingerprint density at radius 1 is 1.33 bits per heavy atom. The van der Waals surface area contributed by atoms with Gasteiger partial charge in [0.05, 0.1) is 24.7 Å². The molecular weight excluding hydrogens is 272 g/mol. The number of hydrogen-bond donors (Lipinski definition) is 1. The van der Waals surface area contributed by atoms with Crippen molar-refractivity contribution in [2.45, 2.75) is 32.6 Å². The van der Waals surface area contributed by atoms with Gasteiger partial charge in [0, 0.05) is 12.0 Å². The van der Waals surface area contributed by atoms with E-state index in [1.165, 1.54) is 12.4 Å². The van der Waals surface area contributed by atoms with E-state index in [-0.39, 0.29) is 11.9 Å². The van der Waals surface area contributed by atoms with Crippen LogP contribution in [0.3, 0.4) is 0 Å². The van der Waals surface area contributed by atoms with Crippen molar-refractivity contribution in [2.24, 2.45) is 0 Å². The molecule has 0 aromatic carbocycles. The summed E-state index contributed by atoms with van der Waals surface area (Å²) in [5.41, 5.74) is 1.78. The van der Waals surface area contributed by atoms with Crippen LogP contribution in [0.1, 0.15) is 41.6 Å². The highest BCUT2D eigenvalue weighted by molar-refractivity contribution is 6.03. The molecule has 1 amide bonds. The number of nitrogens with one attached hydrogen (secondary N) is 1. The van der Waals surface area contributed by atoms with Crippen molar-refractivity contribution in [3.63, 3.8) is 0 Å². The summed E-state index contributed by atoms with van der Waals surface area (Å²) in [6, 6.07) is 0.286. The summed E-state index contributed by atoms with van der Waals surface area (Å²) in [6.45, 7) is 2.35. The van der Waals surface area contributed by atoms with Gasteiger partial charge in [-0.1, -0.05) is 5.16 Å². The Morgan fingerprint density at radius 2 is 2.10 bits per heavy atom. The van der Waals surface area contributed by atoms with Gasteiger partial charge in [-0.15, -0.1) is 0 Å². The number of hydrogen-bond acceptors (Lipinski definition) is 6. The fraction of sp³-hybridized carbons (Fsp3) is 0.429. The van der Waals surface area contributed by atoms with Crippen molar-refractivity contribution < 1.29 is 14.1 Å². The van der Waals surface area contributed by atoms with Crippen LogP contribution in [0.2, 0.25) is 0 Å². The van der Waals surface area contributed by atoms with Gasteiger partial charge in [-0.2, -0.15) is 0 Å². The molecule has 2 aromatic rings. The Hall–Kier alpha value is -2.44. The van der Waals surface area contributed by atoms with Crippen LogP contribution >= 0.6 is 0 Å². The van der Waals surface area contributed by atoms with Crippen LogP contribution in [0.25, 0.3) is 0 Å². The molecule has 0 bridgehead atoms. The molecule has 21 heavy (non-hydrogen) atoms. The summed E-state index contributed by atoms with van der Waals surface area (Å²) in [7, 11) is 0. The summed E-state index contributed by atoms with van der Waals surface area (Å²) in [6.07, 6.45) is 6.82. The largest absolute Gasteiger partial charge is 0.464 e. The Balaban J connectivity index is 1.72. The van der Waals surface area contributed by atoms with Crippen molar-refractivity contribution in [1.82, 2.24) is 15.1 Å². The van der Waals surface area contributed by atoms with Crippen molar-refractivity contribution in [3.8, 4) is 6.01 Å². The van der Waals surface area contributed by atoms with Crippen LogP contribution in [-0.4, -0.2) is 27.6 Å². The maximum Gasteiger partial charge on any atom is 0.316 e. The molecule has 0 radical (unpaired) electrons. The zero-order valence-electron chi connectivity index (χ0n) is 11.8. The lowest BCUT2D eigenvalue weighted by Gasteiger charge is -2.09. The number of aromatic nitrogens is 3. The number of ether oxygens (including phenoxy) is 1. The number of amides is 1. The van der Waals surface area contributed by atoms with Gasteiger partial charge < -0.3 is 14.6 Å². The number of rotatable bonds is 4. The second kappa shape index (κ2) is 5.90. The standard InChI is InChI=1S/C14H16N4O3/c1-2-20-14-15-7-9(8-16-14)17-13(19)12-10-5-3-4-6-11(10)21-18-12/h7-8H,2-6H2,1H3,(H,17,19). The fourth-order valence-electron chi connectivity index (χ4n) is 2.34. The summed E-state index contributed by atoms with van der Waals surface area (Å²) >= 11 is 0. The molecule has 0 fully saturated rings. The summed E-state index contributed by atoms with van der Waals surface area (Å²) in [5, 5.41) is 6.61. The second-order valence-electron chi connectivity index (χ2n) is 4.78. The van der Waals surface area contributed by atoms with Gasteiger partial charge in [-0.3, -0.25) is 4.79 Å². The van der Waals surface area contributed by atoms with E-state index >= 15 is 0 Å². The van der Waals surface area contributed by atoms with Crippen molar-refractivity contribution >= 4 is 11.6 Å². The van der Waals surface area contributed by atoms with Gasteiger partial charge in [-0.25, -0.2) is 9.97 Å². The minimum absolute atomic E-state index is 0.286. The lowest BCUT2D eigenvalue weighted by molar-refractivity contribution is 0.101. The molecule has 7 heteroatoms. The van der Waals surface area contributed by atoms with Crippen molar-refractivity contribution in [3.05, 3.63) is 29.4 Å². The zero-order valence-corrected chi connectivity index (χ0v) is 11.8. The minimum Gasteiger partial charge on any atom is -0.464 e. The van der Waals surface area contributed by atoms with E-state index in [1.807, 2.05) is 6.92 Å². The third-order valence-electron chi connectivity index (χ3n) is 3.32. The summed E-state index contributed by atoms with van der Waals surface area (Å²) < 4.78 is 10.4. The lowest BCUT2D eigenvalue weighted by Crippen LogP contribution is -2.16. The van der Waals surface area contributed by atoms with Gasteiger partial charge >= 0.3 is 6.01 Å². The smallest absolute Gasteiger partial charge is 0.316 e. The molecule has 0 atom stereocenters. The maximum atomic E-state index is 12.2. The highest BCUT2D eigenvalue weighted by Crippen LogP contribution is 2.24. The third kappa shape index (κ3) is 2.86. The predicted octanol–water partition coefficient (Wildman–Crippen LogP) is 1.99. The fourth-order valence-corrected chi connectivity index (χ4v) is 2.34. The summed E-state index contributed by atoms with van der Waals surface area (Å²) in [5.74, 6) is 0.531. The number of nitrogens with zero attached hydrogens (tertiary/aromatic N) is 3. The average Bonchev–Trinajstić information content (AvgIpc) is 2.93. The molecule has 0 saturated heterocycles. The van der Waals surface area contributed by atoms with E-state index in [0.717, 1.165) is 37.0 Å². The second-order valence-corrected chi connectivity index (χ2v) is 4.78. The molecule has 110 valence electrons. The Kier molecular flexibility index (Phi) is 3.81. The van der Waals surface area contributed by atoms with E-state index in [0.29, 0.717) is 18.0 Å². The van der Waals surface area contributed by atoms with Crippen LogP contribution in [0.5, 0.6) is 6.01 Å². The quantitative estimate of drug-likeness (QED) is 0.925. The van der Waals surface area contributed by atoms with Gasteiger partial charge in [-0.05, 0) is 26.2 Å². The van der Waals surface area contributed by atoms with Crippen molar-refractivity contribution in [2.75, 3.05) is 11.9 Å². The first-order valence-corrected chi connectivity index (χ1v) is 7.01. The minimum atomic E-state index is -0.297. The first-order valence-electron chi connectivity index (χ1n) is 7.01. The number of fused-ring (bicyclic) bond motifs is 1. The molecule has 1 N–H and O–H groups in total. The first kappa shape index (κ1) is 13.5. The highest BCUT2D eigenvalue weighted by Gasteiger charge is 2.24. The number of carbonyl (C=O) groups excluding carboxylic acids is 1. The number of anilines is 1. The molecule has 2 heterocycles. The van der Waals surface area contributed by atoms with E-state index in [9.17, 15) is 4.79 Å². The molecule has 1 aliphatic rings. The molecule has 0 aliphatic heterocycles. The maximum absolute atomic E-state index is 12.2. The van der Waals surface area contributed by atoms with Gasteiger partial charge in [0.15, 0.2) is 5.69 Å². The van der Waals surface area contributed by atoms with Crippen LogP contribution in [0, 0.1) is 0 Å². The van der Waals surface area contributed by atoms with E-state index in [4.69, 9.17) is 9.26 Å². The van der Waals surface area contributed by atoms with Crippen LogP contribution in [0.4, 0.5) is 5.69 Å². The molecule has 7 nitrogen and oxygen atoms in total. The van der Waals surface area contributed by atoms with E-state index < -0.39 is 0 Å². The molecule has 0 saturated carbocycles. The van der Waals surface area contributed by atoms with E-state index in [1.54, 1.807) is 0 Å². The van der Waals surface area contributed by atoms with Gasteiger partial charge in [0.25, 0.3) is 5.91 Å². The van der Waals surface area contributed by atoms with E-state index in [2.05, 4.69) is 20.4 Å². The first-order chi connectivity index (χ1) is 10.3. The molecular formula is C14H16N4O3. The monoisotopic (exact) mass is 288 g/mol. The lowest BCUT2D eigenvalue weighted by atomic mass is 9.96. The summed E-state index contributed by atoms with van der Waals surface area (Å²) in [4.78, 5) is 20.2. The molecule has 0 unspecified atom stereocenters. The van der Waals surface area contributed by atoms with Crippen LogP contribution in [-0.2, 0) is 12.8 Å². The molecule has 2 aromatic heterocycles. The van der Waals surface area contributed by atoms with Crippen LogP contribution in [0.15, 0.2) is 16.9 Å². The molecule has 0 spiro atoms. The number of carbonyl (C=O) groups is 1. The zero-order chi connectivity index (χ0) is 14.7. The Bertz CT molecular complexity index is 636. The third-order valence-corrected chi connectivity index (χ3v) is 3.32. The normalized spacial score (nSPS) is 13.6. The average molecular weight is 288 g/mol. The highest BCUT2D eigenvalue weighted by atomic mass is 16.5. The predicted molar refractivity (Wildman–Crippen MR) is 74.3 cm³/mol. The van der Waals surface area contributed by atoms with Crippen molar-refractivity contribution in [1.29, 1.82) is 0 Å².